The molecule has 4 rings (SSSR count). The average Bonchev–Trinajstić information content (AvgIpc) is 3.09. The Hall–Kier alpha value is -3.85. The number of anilines is 1. The molecule has 2 aromatic heterocycles. The van der Waals surface area contributed by atoms with Gasteiger partial charge in [0.15, 0.2) is 0 Å². The number of nitrogens with one attached hydrogen (secondary N) is 1. The Bertz CT molecular complexity index is 1320. The summed E-state index contributed by atoms with van der Waals surface area (Å²) in [6.07, 6.45) is 0.295. The number of rotatable bonds is 5. The first-order valence-corrected chi connectivity index (χ1v) is 9.81. The number of nitro groups is 1. The SMILES string of the molecule is Cc1csc2nc(Cc3cccc(NC(=O)c4ccc([N+](=O)[O-])cc4)c3)oc(=O)c12. The summed E-state index contributed by atoms with van der Waals surface area (Å²) in [7, 11) is 0. The maximum atomic E-state index is 12.4. The third-order valence-corrected chi connectivity index (χ3v) is 5.47. The molecule has 0 radical (unpaired) electrons. The Morgan fingerprint density at radius 3 is 2.73 bits per heavy atom. The van der Waals surface area contributed by atoms with E-state index < -0.39 is 10.5 Å². The van der Waals surface area contributed by atoms with Crippen molar-refractivity contribution in [3.63, 3.8) is 0 Å². The molecule has 0 aliphatic heterocycles. The fraction of sp³-hybridized carbons (Fsp3) is 0.0952. The van der Waals surface area contributed by atoms with Gasteiger partial charge in [0.05, 0.1) is 10.3 Å². The Labute approximate surface area is 174 Å². The number of aromatic nitrogens is 1. The molecule has 8 nitrogen and oxygen atoms in total. The van der Waals surface area contributed by atoms with Crippen molar-refractivity contribution >= 4 is 38.8 Å². The number of carbonyl (C=O) groups is 1. The summed E-state index contributed by atoms with van der Waals surface area (Å²) in [6, 6.07) is 12.4. The predicted molar refractivity (Wildman–Crippen MR) is 113 cm³/mol. The van der Waals surface area contributed by atoms with Gasteiger partial charge in [0.2, 0.25) is 5.89 Å². The molecule has 150 valence electrons. The Kier molecular flexibility index (Phi) is 5.11. The minimum atomic E-state index is -0.521. The van der Waals surface area contributed by atoms with Crippen LogP contribution >= 0.6 is 11.3 Å². The summed E-state index contributed by atoms with van der Waals surface area (Å²) < 4.78 is 5.35. The molecule has 0 unspecified atom stereocenters. The highest BCUT2D eigenvalue weighted by molar-refractivity contribution is 7.16. The van der Waals surface area contributed by atoms with Gasteiger partial charge in [0.1, 0.15) is 4.83 Å². The highest BCUT2D eigenvalue weighted by Crippen LogP contribution is 2.22. The first-order valence-electron chi connectivity index (χ1n) is 8.93. The lowest BCUT2D eigenvalue weighted by atomic mass is 10.1. The Balaban J connectivity index is 1.52. The summed E-state index contributed by atoms with van der Waals surface area (Å²) in [4.78, 5) is 39.9. The molecule has 9 heteroatoms. The number of hydrogen-bond acceptors (Lipinski definition) is 7. The van der Waals surface area contributed by atoms with Gasteiger partial charge >= 0.3 is 5.63 Å². The number of benzene rings is 2. The second kappa shape index (κ2) is 7.88. The normalized spacial score (nSPS) is 10.8. The zero-order chi connectivity index (χ0) is 21.3. The zero-order valence-electron chi connectivity index (χ0n) is 15.7. The van der Waals surface area contributed by atoms with Gasteiger partial charge in [-0.25, -0.2) is 9.78 Å². The van der Waals surface area contributed by atoms with E-state index in [-0.39, 0.29) is 11.6 Å². The molecule has 0 saturated heterocycles. The van der Waals surface area contributed by atoms with Gasteiger partial charge in [0.25, 0.3) is 11.6 Å². The van der Waals surface area contributed by atoms with E-state index in [9.17, 15) is 19.7 Å². The van der Waals surface area contributed by atoms with Crippen LogP contribution in [0.25, 0.3) is 10.2 Å². The maximum Gasteiger partial charge on any atom is 0.348 e. The minimum absolute atomic E-state index is 0.0829. The van der Waals surface area contributed by atoms with Gasteiger partial charge < -0.3 is 9.73 Å². The molecular formula is C21H15N3O5S. The van der Waals surface area contributed by atoms with E-state index in [4.69, 9.17) is 4.42 Å². The second-order valence-electron chi connectivity index (χ2n) is 6.63. The lowest BCUT2D eigenvalue weighted by Crippen LogP contribution is -2.12. The predicted octanol–water partition coefficient (Wildman–Crippen LogP) is 4.31. The van der Waals surface area contributed by atoms with Crippen molar-refractivity contribution in [1.82, 2.24) is 4.98 Å². The molecule has 0 aliphatic carbocycles. The first kappa shape index (κ1) is 19.5. The van der Waals surface area contributed by atoms with E-state index in [1.807, 2.05) is 18.4 Å². The number of aryl methyl sites for hydroxylation is 1. The average molecular weight is 421 g/mol. The van der Waals surface area contributed by atoms with Crippen LogP contribution in [0.4, 0.5) is 11.4 Å². The highest BCUT2D eigenvalue weighted by atomic mass is 32.1. The zero-order valence-corrected chi connectivity index (χ0v) is 16.6. The van der Waals surface area contributed by atoms with Crippen LogP contribution in [0.15, 0.2) is 63.1 Å². The van der Waals surface area contributed by atoms with Crippen LogP contribution in [0.2, 0.25) is 0 Å². The monoisotopic (exact) mass is 421 g/mol. The van der Waals surface area contributed by atoms with E-state index in [2.05, 4.69) is 10.3 Å². The molecule has 4 aromatic rings. The largest absolute Gasteiger partial charge is 0.407 e. The highest BCUT2D eigenvalue weighted by Gasteiger charge is 2.13. The van der Waals surface area contributed by atoms with Gasteiger partial charge in [-0.1, -0.05) is 12.1 Å². The molecule has 1 amide bonds. The van der Waals surface area contributed by atoms with Gasteiger partial charge in [-0.3, -0.25) is 14.9 Å². The molecule has 0 fully saturated rings. The number of nitrogens with zero attached hydrogens (tertiary/aromatic N) is 2. The Morgan fingerprint density at radius 2 is 2.00 bits per heavy atom. The fourth-order valence-corrected chi connectivity index (χ4v) is 3.93. The molecule has 0 saturated carbocycles. The van der Waals surface area contributed by atoms with Crippen LogP contribution < -0.4 is 10.9 Å². The minimum Gasteiger partial charge on any atom is -0.407 e. The van der Waals surface area contributed by atoms with Crippen molar-refractivity contribution in [3.8, 4) is 0 Å². The molecule has 0 atom stereocenters. The number of hydrogen-bond donors (Lipinski definition) is 1. The van der Waals surface area contributed by atoms with Crippen molar-refractivity contribution in [2.45, 2.75) is 13.3 Å². The lowest BCUT2D eigenvalue weighted by Gasteiger charge is -2.07. The van der Waals surface area contributed by atoms with Crippen LogP contribution in [0.3, 0.4) is 0 Å². The van der Waals surface area contributed by atoms with Gasteiger partial charge in [0, 0.05) is 29.8 Å². The quantitative estimate of drug-likeness (QED) is 0.379. The van der Waals surface area contributed by atoms with Crippen LogP contribution in [0.1, 0.15) is 27.4 Å². The first-order chi connectivity index (χ1) is 14.4. The molecule has 2 heterocycles. The van der Waals surface area contributed by atoms with Crippen LogP contribution in [0.5, 0.6) is 0 Å². The van der Waals surface area contributed by atoms with Gasteiger partial charge in [-0.05, 0) is 47.7 Å². The molecule has 0 spiro atoms. The van der Waals surface area contributed by atoms with Crippen LogP contribution in [-0.4, -0.2) is 15.8 Å². The van der Waals surface area contributed by atoms with Gasteiger partial charge in [-0.2, -0.15) is 0 Å². The summed E-state index contributed by atoms with van der Waals surface area (Å²) in [5.41, 5.74) is 2.01. The fourth-order valence-electron chi connectivity index (χ4n) is 3.00. The van der Waals surface area contributed by atoms with E-state index in [1.165, 1.54) is 35.6 Å². The van der Waals surface area contributed by atoms with E-state index in [1.54, 1.807) is 18.2 Å². The topological polar surface area (TPSA) is 115 Å². The summed E-state index contributed by atoms with van der Waals surface area (Å²) in [5, 5.41) is 15.9. The lowest BCUT2D eigenvalue weighted by molar-refractivity contribution is -0.384. The summed E-state index contributed by atoms with van der Waals surface area (Å²) >= 11 is 1.39. The number of carbonyl (C=O) groups excluding carboxylic acids is 1. The molecule has 30 heavy (non-hydrogen) atoms. The van der Waals surface area contributed by atoms with E-state index >= 15 is 0 Å². The number of amides is 1. The molecule has 0 bridgehead atoms. The standard InChI is InChI=1S/C21H15N3O5S/c1-12-11-30-20-18(12)21(26)29-17(23-20)10-13-3-2-4-15(9-13)22-19(25)14-5-7-16(8-6-14)24(27)28/h2-9,11H,10H2,1H3,(H,22,25). The Morgan fingerprint density at radius 1 is 1.23 bits per heavy atom. The molecule has 2 aromatic carbocycles. The number of fused-ring (bicyclic) bond motifs is 1. The number of thiophene rings is 1. The van der Waals surface area contributed by atoms with E-state index in [0.717, 1.165) is 11.1 Å². The second-order valence-corrected chi connectivity index (χ2v) is 7.49. The van der Waals surface area contributed by atoms with E-state index in [0.29, 0.717) is 33.8 Å². The van der Waals surface area contributed by atoms with Crippen molar-refractivity contribution in [3.05, 3.63) is 97.0 Å². The maximum absolute atomic E-state index is 12.4. The third-order valence-electron chi connectivity index (χ3n) is 4.48. The number of non-ortho nitro benzene ring substituents is 1. The molecule has 1 N–H and O–H groups in total. The number of nitro benzene ring substituents is 1. The van der Waals surface area contributed by atoms with Crippen molar-refractivity contribution in [1.29, 1.82) is 0 Å². The molecular weight excluding hydrogens is 406 g/mol. The van der Waals surface area contributed by atoms with Gasteiger partial charge in [-0.15, -0.1) is 11.3 Å². The van der Waals surface area contributed by atoms with Crippen LogP contribution in [0, 0.1) is 17.0 Å². The van der Waals surface area contributed by atoms with Crippen molar-refractivity contribution in [2.24, 2.45) is 0 Å². The smallest absolute Gasteiger partial charge is 0.348 e. The third kappa shape index (κ3) is 3.96. The van der Waals surface area contributed by atoms with Crippen molar-refractivity contribution in [2.75, 3.05) is 5.32 Å². The van der Waals surface area contributed by atoms with Crippen LogP contribution in [-0.2, 0) is 6.42 Å². The summed E-state index contributed by atoms with van der Waals surface area (Å²) in [6.45, 7) is 1.84. The molecule has 0 aliphatic rings. The summed E-state index contributed by atoms with van der Waals surface area (Å²) in [5.74, 6) is -0.0876. The van der Waals surface area contributed by atoms with Crippen molar-refractivity contribution < 1.29 is 14.1 Å².